The van der Waals surface area contributed by atoms with Crippen LogP contribution >= 0.6 is 12.2 Å². The maximum absolute atomic E-state index is 13.1. The zero-order valence-corrected chi connectivity index (χ0v) is 11.6. The van der Waals surface area contributed by atoms with Gasteiger partial charge in [-0.1, -0.05) is 12.2 Å². The van der Waals surface area contributed by atoms with E-state index in [0.29, 0.717) is 4.99 Å². The van der Waals surface area contributed by atoms with E-state index in [1.807, 2.05) is 32.0 Å². The Labute approximate surface area is 117 Å². The number of halogens is 1. The van der Waals surface area contributed by atoms with E-state index in [1.54, 1.807) is 6.07 Å². The lowest BCUT2D eigenvalue weighted by atomic mass is 10.1. The molecule has 0 spiro atoms. The Kier molecular flexibility index (Phi) is 3.81. The molecule has 4 heteroatoms. The standard InChI is InChI=1S/C15H15FN2S/c1-9-7-11(15(17)19)3-5-13(9)18-14-6-4-12(16)8-10(14)2/h3-8,18H,1-2H3,(H2,17,19). The normalized spacial score (nSPS) is 10.3. The number of rotatable bonds is 3. The smallest absolute Gasteiger partial charge is 0.123 e. The van der Waals surface area contributed by atoms with E-state index >= 15 is 0 Å². The van der Waals surface area contributed by atoms with Gasteiger partial charge in [-0.3, -0.25) is 0 Å². The van der Waals surface area contributed by atoms with Crippen LogP contribution in [0, 0.1) is 19.7 Å². The molecule has 0 fully saturated rings. The molecule has 0 aliphatic heterocycles. The first-order valence-corrected chi connectivity index (χ1v) is 6.32. The average molecular weight is 274 g/mol. The highest BCUT2D eigenvalue weighted by molar-refractivity contribution is 7.80. The van der Waals surface area contributed by atoms with Gasteiger partial charge in [-0.2, -0.15) is 0 Å². The van der Waals surface area contributed by atoms with E-state index < -0.39 is 0 Å². The summed E-state index contributed by atoms with van der Waals surface area (Å²) in [7, 11) is 0. The Morgan fingerprint density at radius 2 is 1.63 bits per heavy atom. The third-order valence-corrected chi connectivity index (χ3v) is 3.20. The molecule has 0 unspecified atom stereocenters. The molecule has 0 amide bonds. The summed E-state index contributed by atoms with van der Waals surface area (Å²) in [5.41, 5.74) is 10.2. The van der Waals surface area contributed by atoms with E-state index in [1.165, 1.54) is 12.1 Å². The van der Waals surface area contributed by atoms with Gasteiger partial charge in [0.2, 0.25) is 0 Å². The first-order chi connectivity index (χ1) is 8.97. The predicted molar refractivity (Wildman–Crippen MR) is 81.5 cm³/mol. The molecule has 0 heterocycles. The molecule has 3 N–H and O–H groups in total. The predicted octanol–water partition coefficient (Wildman–Crippen LogP) is 3.82. The van der Waals surface area contributed by atoms with Crippen LogP contribution in [0.15, 0.2) is 36.4 Å². The molecule has 0 bridgehead atoms. The Balaban J connectivity index is 2.31. The van der Waals surface area contributed by atoms with E-state index in [-0.39, 0.29) is 5.82 Å². The lowest BCUT2D eigenvalue weighted by Gasteiger charge is -2.13. The van der Waals surface area contributed by atoms with Gasteiger partial charge >= 0.3 is 0 Å². The van der Waals surface area contributed by atoms with Gasteiger partial charge in [-0.25, -0.2) is 4.39 Å². The van der Waals surface area contributed by atoms with Crippen molar-refractivity contribution in [1.82, 2.24) is 0 Å². The summed E-state index contributed by atoms with van der Waals surface area (Å²) in [5.74, 6) is -0.233. The van der Waals surface area contributed by atoms with Gasteiger partial charge in [0.1, 0.15) is 10.8 Å². The van der Waals surface area contributed by atoms with Crippen LogP contribution in [0.5, 0.6) is 0 Å². The zero-order valence-electron chi connectivity index (χ0n) is 10.8. The summed E-state index contributed by atoms with van der Waals surface area (Å²) in [6.45, 7) is 3.84. The SMILES string of the molecule is Cc1cc(F)ccc1Nc1ccc(C(N)=S)cc1C. The van der Waals surface area contributed by atoms with Gasteiger partial charge in [-0.05, 0) is 61.4 Å². The zero-order chi connectivity index (χ0) is 14.0. The van der Waals surface area contributed by atoms with E-state index in [2.05, 4.69) is 5.32 Å². The number of thiocarbonyl (C=S) groups is 1. The van der Waals surface area contributed by atoms with Gasteiger partial charge in [0.05, 0.1) is 0 Å². The van der Waals surface area contributed by atoms with Crippen LogP contribution in [0.1, 0.15) is 16.7 Å². The number of hydrogen-bond acceptors (Lipinski definition) is 2. The Hall–Kier alpha value is -1.94. The van der Waals surface area contributed by atoms with Crippen molar-refractivity contribution in [1.29, 1.82) is 0 Å². The van der Waals surface area contributed by atoms with Crippen LogP contribution in [-0.4, -0.2) is 4.99 Å². The summed E-state index contributed by atoms with van der Waals surface area (Å²) in [4.78, 5) is 0.382. The van der Waals surface area contributed by atoms with Crippen LogP contribution in [0.2, 0.25) is 0 Å². The highest BCUT2D eigenvalue weighted by Crippen LogP contribution is 2.24. The van der Waals surface area contributed by atoms with Crippen molar-refractivity contribution in [2.24, 2.45) is 5.73 Å². The number of hydrogen-bond donors (Lipinski definition) is 2. The highest BCUT2D eigenvalue weighted by atomic mass is 32.1. The van der Waals surface area contributed by atoms with E-state index in [0.717, 1.165) is 28.1 Å². The minimum absolute atomic E-state index is 0.233. The summed E-state index contributed by atoms with van der Waals surface area (Å²) < 4.78 is 13.1. The van der Waals surface area contributed by atoms with Crippen LogP contribution in [0.4, 0.5) is 15.8 Å². The number of nitrogens with one attached hydrogen (secondary N) is 1. The first-order valence-electron chi connectivity index (χ1n) is 5.91. The first kappa shape index (κ1) is 13.5. The van der Waals surface area contributed by atoms with Crippen molar-refractivity contribution in [3.8, 4) is 0 Å². The molecule has 0 aliphatic carbocycles. The fourth-order valence-corrected chi connectivity index (χ4v) is 2.00. The Morgan fingerprint density at radius 1 is 1.05 bits per heavy atom. The molecule has 0 atom stereocenters. The van der Waals surface area contributed by atoms with Crippen molar-refractivity contribution in [3.05, 3.63) is 58.9 Å². The van der Waals surface area contributed by atoms with E-state index in [9.17, 15) is 4.39 Å². The molecule has 2 aromatic carbocycles. The molecular formula is C15H15FN2S. The van der Waals surface area contributed by atoms with Gasteiger partial charge in [0.15, 0.2) is 0 Å². The van der Waals surface area contributed by atoms with Crippen LogP contribution < -0.4 is 11.1 Å². The molecule has 98 valence electrons. The Morgan fingerprint density at radius 3 is 2.16 bits per heavy atom. The minimum atomic E-state index is -0.233. The number of anilines is 2. The molecule has 0 aliphatic rings. The Bertz CT molecular complexity index is 638. The number of benzene rings is 2. The molecular weight excluding hydrogens is 259 g/mol. The molecule has 2 rings (SSSR count). The largest absolute Gasteiger partial charge is 0.389 e. The third kappa shape index (κ3) is 3.09. The van der Waals surface area contributed by atoms with Crippen molar-refractivity contribution in [3.63, 3.8) is 0 Å². The van der Waals surface area contributed by atoms with Crippen molar-refractivity contribution < 1.29 is 4.39 Å². The molecule has 2 nitrogen and oxygen atoms in total. The van der Waals surface area contributed by atoms with Crippen LogP contribution in [0.3, 0.4) is 0 Å². The minimum Gasteiger partial charge on any atom is -0.389 e. The maximum Gasteiger partial charge on any atom is 0.123 e. The van der Waals surface area contributed by atoms with Gasteiger partial charge in [0, 0.05) is 16.9 Å². The van der Waals surface area contributed by atoms with Crippen molar-refractivity contribution >= 4 is 28.6 Å². The lowest BCUT2D eigenvalue weighted by Crippen LogP contribution is -2.09. The summed E-state index contributed by atoms with van der Waals surface area (Å²) in [6.07, 6.45) is 0. The molecule has 0 radical (unpaired) electrons. The summed E-state index contributed by atoms with van der Waals surface area (Å²) in [5, 5.41) is 3.28. The maximum atomic E-state index is 13.1. The average Bonchev–Trinajstić information content (AvgIpc) is 2.34. The number of nitrogens with two attached hydrogens (primary N) is 1. The fraction of sp³-hybridized carbons (Fsp3) is 0.133. The van der Waals surface area contributed by atoms with Crippen LogP contribution in [-0.2, 0) is 0 Å². The molecule has 2 aromatic rings. The molecule has 0 aromatic heterocycles. The van der Waals surface area contributed by atoms with Gasteiger partial charge in [0.25, 0.3) is 0 Å². The molecule has 0 saturated carbocycles. The van der Waals surface area contributed by atoms with Crippen molar-refractivity contribution in [2.45, 2.75) is 13.8 Å². The quantitative estimate of drug-likeness (QED) is 0.836. The summed E-state index contributed by atoms with van der Waals surface area (Å²) in [6, 6.07) is 10.4. The lowest BCUT2D eigenvalue weighted by molar-refractivity contribution is 0.627. The number of aryl methyl sites for hydroxylation is 2. The fourth-order valence-electron chi connectivity index (χ4n) is 1.87. The second-order valence-corrected chi connectivity index (χ2v) is 4.92. The van der Waals surface area contributed by atoms with Gasteiger partial charge in [-0.15, -0.1) is 0 Å². The highest BCUT2D eigenvalue weighted by Gasteiger charge is 2.05. The molecule has 0 saturated heterocycles. The van der Waals surface area contributed by atoms with E-state index in [4.69, 9.17) is 18.0 Å². The van der Waals surface area contributed by atoms with Crippen LogP contribution in [0.25, 0.3) is 0 Å². The second kappa shape index (κ2) is 5.36. The topological polar surface area (TPSA) is 38.0 Å². The third-order valence-electron chi connectivity index (χ3n) is 2.97. The second-order valence-electron chi connectivity index (χ2n) is 4.48. The van der Waals surface area contributed by atoms with Gasteiger partial charge < -0.3 is 11.1 Å². The monoisotopic (exact) mass is 274 g/mol. The molecule has 19 heavy (non-hydrogen) atoms. The van der Waals surface area contributed by atoms with Crippen molar-refractivity contribution in [2.75, 3.05) is 5.32 Å². The summed E-state index contributed by atoms with van der Waals surface area (Å²) >= 11 is 4.95.